The molecule has 0 radical (unpaired) electrons. The zero-order valence-corrected chi connectivity index (χ0v) is 16.3. The van der Waals surface area contributed by atoms with Gasteiger partial charge in [-0.05, 0) is 64.2 Å². The van der Waals surface area contributed by atoms with Crippen LogP contribution in [0.2, 0.25) is 0 Å². The molecule has 0 saturated carbocycles. The molecule has 1 aromatic rings. The van der Waals surface area contributed by atoms with E-state index in [2.05, 4.69) is 17.4 Å². The van der Waals surface area contributed by atoms with Gasteiger partial charge < -0.3 is 20.6 Å². The van der Waals surface area contributed by atoms with Gasteiger partial charge in [0.05, 0.1) is 6.10 Å². The van der Waals surface area contributed by atoms with Gasteiger partial charge in [0.15, 0.2) is 0 Å². The molecule has 0 bridgehead atoms. The highest BCUT2D eigenvalue weighted by Crippen LogP contribution is 2.20. The van der Waals surface area contributed by atoms with E-state index in [1.807, 2.05) is 39.0 Å². The van der Waals surface area contributed by atoms with Crippen LogP contribution in [0.4, 0.5) is 0 Å². The lowest BCUT2D eigenvalue weighted by Crippen LogP contribution is -2.34. The van der Waals surface area contributed by atoms with Crippen molar-refractivity contribution in [3.63, 3.8) is 0 Å². The molecule has 0 aromatic heterocycles. The van der Waals surface area contributed by atoms with Crippen molar-refractivity contribution < 1.29 is 14.6 Å². The van der Waals surface area contributed by atoms with Gasteiger partial charge in [0.1, 0.15) is 5.60 Å². The molecule has 26 heavy (non-hydrogen) atoms. The first-order valence-corrected chi connectivity index (χ1v) is 9.45. The van der Waals surface area contributed by atoms with Gasteiger partial charge in [0, 0.05) is 19.5 Å². The van der Waals surface area contributed by atoms with Crippen LogP contribution in [-0.2, 0) is 16.0 Å². The highest BCUT2D eigenvalue weighted by molar-refractivity contribution is 5.69. The molecular weight excluding hydrogens is 328 g/mol. The molecule has 146 valence electrons. The Bertz CT molecular complexity index is 526. The van der Waals surface area contributed by atoms with Crippen molar-refractivity contribution in [2.45, 2.75) is 64.6 Å². The van der Waals surface area contributed by atoms with Crippen LogP contribution >= 0.6 is 0 Å². The Hall–Kier alpha value is -1.72. The van der Waals surface area contributed by atoms with Crippen molar-refractivity contribution >= 4 is 12.2 Å². The number of hydrogen-bond donors (Lipinski definition) is 3. The first-order chi connectivity index (χ1) is 12.3. The Labute approximate surface area is 157 Å². The molecule has 5 nitrogen and oxygen atoms in total. The molecule has 0 amide bonds. The fourth-order valence-electron chi connectivity index (χ4n) is 2.84. The Kier molecular flexibility index (Phi) is 10.1. The first kappa shape index (κ1) is 22.3. The van der Waals surface area contributed by atoms with Gasteiger partial charge >= 0.3 is 5.97 Å². The number of aliphatic hydroxyl groups is 1. The minimum Gasteiger partial charge on any atom is -0.460 e. The van der Waals surface area contributed by atoms with E-state index in [0.29, 0.717) is 32.4 Å². The maximum absolute atomic E-state index is 11.9. The third-order valence-corrected chi connectivity index (χ3v) is 4.08. The van der Waals surface area contributed by atoms with Gasteiger partial charge in [0.25, 0.3) is 0 Å². The third-order valence-electron chi connectivity index (χ3n) is 4.08. The maximum Gasteiger partial charge on any atom is 0.306 e. The summed E-state index contributed by atoms with van der Waals surface area (Å²) < 4.78 is 5.36. The molecule has 1 aromatic carbocycles. The number of hydrogen-bond acceptors (Lipinski definition) is 5. The number of ether oxygens (including phenoxy) is 1. The maximum atomic E-state index is 11.9. The highest BCUT2D eigenvalue weighted by atomic mass is 16.6. The summed E-state index contributed by atoms with van der Waals surface area (Å²) in [6.45, 7) is 6.79. The van der Waals surface area contributed by atoms with Crippen molar-refractivity contribution in [1.82, 2.24) is 5.32 Å². The number of benzene rings is 1. The Morgan fingerprint density at radius 2 is 2.00 bits per heavy atom. The fraction of sp³-hybridized carbons (Fsp3) is 0.619. The Morgan fingerprint density at radius 1 is 1.31 bits per heavy atom. The van der Waals surface area contributed by atoms with Crippen LogP contribution in [0.3, 0.4) is 0 Å². The topological polar surface area (TPSA) is 82.4 Å². The molecule has 0 aliphatic carbocycles. The highest BCUT2D eigenvalue weighted by Gasteiger charge is 2.21. The molecule has 0 saturated heterocycles. The van der Waals surface area contributed by atoms with E-state index in [1.165, 1.54) is 11.8 Å². The van der Waals surface area contributed by atoms with Crippen LogP contribution in [-0.4, -0.2) is 42.1 Å². The quantitative estimate of drug-likeness (QED) is 0.302. The van der Waals surface area contributed by atoms with Crippen molar-refractivity contribution in [3.8, 4) is 0 Å². The summed E-state index contributed by atoms with van der Waals surface area (Å²) in [5.74, 6) is -0.109. The molecule has 2 atom stereocenters. The fourth-order valence-corrected chi connectivity index (χ4v) is 2.84. The van der Waals surface area contributed by atoms with Gasteiger partial charge in [-0.25, -0.2) is 0 Å². The molecule has 3 N–H and O–H groups in total. The summed E-state index contributed by atoms with van der Waals surface area (Å²) in [6.07, 6.45) is 4.15. The van der Waals surface area contributed by atoms with Crippen molar-refractivity contribution in [3.05, 3.63) is 35.9 Å². The summed E-state index contributed by atoms with van der Waals surface area (Å²) in [4.78, 5) is 11.9. The third kappa shape index (κ3) is 10.3. The predicted molar refractivity (Wildman–Crippen MR) is 106 cm³/mol. The molecule has 5 heteroatoms. The first-order valence-electron chi connectivity index (χ1n) is 9.45. The van der Waals surface area contributed by atoms with Gasteiger partial charge in [-0.2, -0.15) is 0 Å². The summed E-state index contributed by atoms with van der Waals surface area (Å²) >= 11 is 0. The molecule has 0 unspecified atom stereocenters. The molecule has 1 rings (SSSR count). The second kappa shape index (κ2) is 11.8. The standard InChI is InChI=1S/C21H34N2O3/c1-21(2,3)26-20(25)12-7-11-18(15-17-9-5-4-6-10-17)19(24)16-23-14-8-13-22/h4-6,9-10,13,18-19,22-24H,7-8,11-12,14-16H2,1-3H3/t18-,19+/m0/s1. The normalized spacial score (nSPS) is 13.8. The second-order valence-electron chi connectivity index (χ2n) is 7.69. The Morgan fingerprint density at radius 3 is 2.62 bits per heavy atom. The van der Waals surface area contributed by atoms with E-state index in [4.69, 9.17) is 10.1 Å². The minimum absolute atomic E-state index is 0.0762. The zero-order valence-electron chi connectivity index (χ0n) is 16.3. The summed E-state index contributed by atoms with van der Waals surface area (Å²) in [6, 6.07) is 10.1. The van der Waals surface area contributed by atoms with Gasteiger partial charge in [-0.3, -0.25) is 4.79 Å². The van der Waals surface area contributed by atoms with E-state index >= 15 is 0 Å². The van der Waals surface area contributed by atoms with Crippen LogP contribution in [0.15, 0.2) is 30.3 Å². The van der Waals surface area contributed by atoms with Crippen LogP contribution in [0.25, 0.3) is 0 Å². The zero-order chi connectivity index (χ0) is 19.4. The van der Waals surface area contributed by atoms with E-state index in [9.17, 15) is 9.90 Å². The summed E-state index contributed by atoms with van der Waals surface area (Å²) in [5.41, 5.74) is 0.729. The van der Waals surface area contributed by atoms with E-state index in [-0.39, 0.29) is 11.9 Å². The van der Waals surface area contributed by atoms with Crippen LogP contribution in [0.5, 0.6) is 0 Å². The molecule has 0 heterocycles. The van der Waals surface area contributed by atoms with Gasteiger partial charge in [-0.1, -0.05) is 30.3 Å². The molecular formula is C21H34N2O3. The van der Waals surface area contributed by atoms with E-state index in [0.717, 1.165) is 12.8 Å². The number of rotatable bonds is 12. The second-order valence-corrected chi connectivity index (χ2v) is 7.69. The smallest absolute Gasteiger partial charge is 0.306 e. The average molecular weight is 363 g/mol. The lowest BCUT2D eigenvalue weighted by molar-refractivity contribution is -0.155. The largest absolute Gasteiger partial charge is 0.460 e. The summed E-state index contributed by atoms with van der Waals surface area (Å²) in [5, 5.41) is 20.8. The number of nitrogens with one attached hydrogen (secondary N) is 2. The van der Waals surface area contributed by atoms with Crippen molar-refractivity contribution in [1.29, 1.82) is 5.41 Å². The molecule has 0 fully saturated rings. The lowest BCUT2D eigenvalue weighted by atomic mass is 9.89. The van der Waals surface area contributed by atoms with Crippen LogP contribution < -0.4 is 5.32 Å². The van der Waals surface area contributed by atoms with Crippen LogP contribution in [0.1, 0.15) is 52.0 Å². The van der Waals surface area contributed by atoms with E-state index in [1.54, 1.807) is 0 Å². The molecule has 0 aliphatic heterocycles. The van der Waals surface area contributed by atoms with Crippen LogP contribution in [0, 0.1) is 11.3 Å². The van der Waals surface area contributed by atoms with Crippen molar-refractivity contribution in [2.24, 2.45) is 5.92 Å². The van der Waals surface area contributed by atoms with Gasteiger partial charge in [-0.15, -0.1) is 0 Å². The average Bonchev–Trinajstić information content (AvgIpc) is 2.57. The predicted octanol–water partition coefficient (Wildman–Crippen LogP) is 3.35. The SMILES string of the molecule is CC(C)(C)OC(=O)CCC[C@@H](Cc1ccccc1)[C@H](O)CNCCC=N. The number of aliphatic hydroxyl groups excluding tert-OH is 1. The number of carbonyl (C=O) groups excluding carboxylic acids is 1. The van der Waals surface area contributed by atoms with E-state index < -0.39 is 11.7 Å². The Balaban J connectivity index is 2.53. The number of carbonyl (C=O) groups is 1. The molecule has 0 aliphatic rings. The monoisotopic (exact) mass is 362 g/mol. The minimum atomic E-state index is -0.487. The van der Waals surface area contributed by atoms with Crippen molar-refractivity contribution in [2.75, 3.05) is 13.1 Å². The van der Waals surface area contributed by atoms with Gasteiger partial charge in [0.2, 0.25) is 0 Å². The number of esters is 1. The lowest BCUT2D eigenvalue weighted by Gasteiger charge is -2.24. The summed E-state index contributed by atoms with van der Waals surface area (Å²) in [7, 11) is 0. The molecule has 0 spiro atoms.